The molecule has 0 unspecified atom stereocenters. The van der Waals surface area contributed by atoms with Crippen LogP contribution < -0.4 is 39.7 Å². The van der Waals surface area contributed by atoms with Gasteiger partial charge in [0.05, 0.1) is 31.6 Å². The smallest absolute Gasteiger partial charge is 0.336 e. The van der Waals surface area contributed by atoms with E-state index >= 15 is 0 Å². The molecule has 622 valence electrons. The number of fused-ring (bicyclic) bond motifs is 15. The number of hydrogen-bond donors (Lipinski definition) is 0. The number of rotatable bonds is 22. The van der Waals surface area contributed by atoms with Gasteiger partial charge in [-0.2, -0.15) is 0 Å². The lowest BCUT2D eigenvalue weighted by Crippen LogP contribution is -2.28. The largest absolute Gasteiger partial charge is 0.457 e. The number of ether oxygens (including phenoxy) is 6. The summed E-state index contributed by atoms with van der Waals surface area (Å²) in [6.45, 7) is 15.9. The van der Waals surface area contributed by atoms with Gasteiger partial charge in [-0.1, -0.05) is 233 Å². The van der Waals surface area contributed by atoms with Gasteiger partial charge in [-0.05, 0) is 282 Å². The Morgan fingerprint density at radius 2 is 0.527 bits per heavy atom. The third kappa shape index (κ3) is 13.6. The van der Waals surface area contributed by atoms with Gasteiger partial charge in [0.1, 0.15) is 91.2 Å². The predicted octanol–water partition coefficient (Wildman–Crippen LogP) is 30.7. The molecule has 12 nitrogen and oxygen atoms in total. The van der Waals surface area contributed by atoms with Crippen molar-refractivity contribution < 1.29 is 37.3 Å². The molecule has 2 aliphatic carbocycles. The molecule has 21 aromatic rings. The van der Waals surface area contributed by atoms with Crippen LogP contribution in [0.3, 0.4) is 0 Å². The van der Waals surface area contributed by atoms with Crippen molar-refractivity contribution in [2.75, 3.05) is 0 Å². The highest BCUT2D eigenvalue weighted by Crippen LogP contribution is 2.63. The Morgan fingerprint density at radius 1 is 0.252 bits per heavy atom. The van der Waals surface area contributed by atoms with Crippen molar-refractivity contribution in [3.05, 3.63) is 490 Å². The van der Waals surface area contributed by atoms with E-state index in [1.807, 2.05) is 158 Å². The molecular weight excluding hydrogens is 1640 g/mol. The molecule has 0 bridgehead atoms. The zero-order chi connectivity index (χ0) is 88.0. The summed E-state index contributed by atoms with van der Waals surface area (Å²) in [4.78, 5) is 39.0. The fourth-order valence-corrected chi connectivity index (χ4v) is 20.4. The van der Waals surface area contributed by atoms with Gasteiger partial charge in [-0.15, -0.1) is 11.3 Å². The van der Waals surface area contributed by atoms with Gasteiger partial charge < -0.3 is 37.3 Å². The van der Waals surface area contributed by atoms with Crippen LogP contribution in [0.25, 0.3) is 133 Å². The fourth-order valence-electron chi connectivity index (χ4n) is 19.2. The van der Waals surface area contributed by atoms with Crippen molar-refractivity contribution in [2.24, 2.45) is 0 Å². The van der Waals surface area contributed by atoms with Crippen LogP contribution in [0.4, 0.5) is 0 Å². The van der Waals surface area contributed by atoms with E-state index in [1.165, 1.54) is 12.1 Å². The van der Waals surface area contributed by atoms with E-state index in [9.17, 15) is 9.59 Å². The summed E-state index contributed by atoms with van der Waals surface area (Å²) in [5.74, 6) is 7.70. The number of benzene rings is 17. The normalized spacial score (nSPS) is 12.6. The molecule has 0 fully saturated rings. The average molecular weight is 1710 g/mol. The van der Waals surface area contributed by atoms with Crippen molar-refractivity contribution >= 4 is 101 Å². The molecule has 0 radical (unpaired) electrons. The maximum atomic E-state index is 12.4. The summed E-state index contributed by atoms with van der Waals surface area (Å²) in [7, 11) is 0. The summed E-state index contributed by atoms with van der Waals surface area (Å²) in [5, 5.41) is 4.64. The molecule has 0 saturated heterocycles. The van der Waals surface area contributed by atoms with Crippen LogP contribution in [0.1, 0.15) is 66.8 Å². The summed E-state index contributed by atoms with van der Waals surface area (Å²) in [5.41, 5.74) is 19.3. The van der Waals surface area contributed by atoms with Crippen LogP contribution in [0.2, 0.25) is 0 Å². The van der Waals surface area contributed by atoms with E-state index in [0.717, 1.165) is 131 Å². The van der Waals surface area contributed by atoms with Crippen molar-refractivity contribution in [2.45, 2.75) is 10.8 Å². The topological polar surface area (TPSA) is 142 Å². The van der Waals surface area contributed by atoms with Crippen molar-refractivity contribution in [1.29, 1.82) is 0 Å². The van der Waals surface area contributed by atoms with E-state index in [1.54, 1.807) is 47.7 Å². The highest BCUT2D eigenvalue weighted by atomic mass is 32.1. The average Bonchev–Trinajstić information content (AvgIpc) is 1.53. The molecule has 0 amide bonds. The maximum Gasteiger partial charge on any atom is 0.336 e. The predicted molar refractivity (Wildman–Crippen MR) is 527 cm³/mol. The summed E-state index contributed by atoms with van der Waals surface area (Å²) < 4.78 is 51.3. The molecule has 0 aliphatic heterocycles. The van der Waals surface area contributed by atoms with E-state index in [-0.39, 0.29) is 0 Å². The lowest BCUT2D eigenvalue weighted by Gasteiger charge is -2.34. The van der Waals surface area contributed by atoms with Crippen molar-refractivity contribution in [3.8, 4) is 112 Å². The van der Waals surface area contributed by atoms with E-state index < -0.39 is 22.1 Å². The van der Waals surface area contributed by atoms with E-state index in [2.05, 4.69) is 220 Å². The quantitative estimate of drug-likeness (QED) is 0.0471. The van der Waals surface area contributed by atoms with Gasteiger partial charge in [0, 0.05) is 44.8 Å². The Kier molecular flexibility index (Phi) is 19.2. The van der Waals surface area contributed by atoms with Gasteiger partial charge >= 0.3 is 11.3 Å². The first-order valence-corrected chi connectivity index (χ1v) is 43.8. The van der Waals surface area contributed by atoms with Gasteiger partial charge in [0.2, 0.25) is 0 Å². The number of nitrogens with zero attached hydrogens (tertiary/aromatic N) is 2. The molecule has 4 aromatic heterocycles. The molecular formula is C118H74N2O10S. The van der Waals surface area contributed by atoms with Gasteiger partial charge in [0.25, 0.3) is 0 Å². The second-order valence-electron chi connectivity index (χ2n) is 32.6. The summed E-state index contributed by atoms with van der Waals surface area (Å²) in [6.07, 6.45) is 7.29. The first kappa shape index (κ1) is 78.5. The number of hydrogen-bond acceptors (Lipinski definition) is 13. The van der Waals surface area contributed by atoms with Gasteiger partial charge in [-0.3, -0.25) is 0 Å². The van der Waals surface area contributed by atoms with Crippen molar-refractivity contribution in [3.63, 3.8) is 0 Å². The molecule has 2 aliphatic rings. The van der Waals surface area contributed by atoms with E-state index in [0.29, 0.717) is 113 Å². The Morgan fingerprint density at radius 3 is 0.855 bits per heavy atom. The molecule has 0 N–H and O–H groups in total. The van der Waals surface area contributed by atoms with Crippen LogP contribution >= 0.6 is 11.3 Å². The minimum atomic E-state index is -0.938. The molecule has 17 aromatic carbocycles. The molecule has 4 heterocycles. The van der Waals surface area contributed by atoms with E-state index in [4.69, 9.17) is 47.2 Å². The number of aromatic nitrogens is 2. The monoisotopic (exact) mass is 1710 g/mol. The second kappa shape index (κ2) is 32.0. The Balaban J connectivity index is 0.768. The zero-order valence-corrected chi connectivity index (χ0v) is 71.1. The molecule has 0 atom stereocenters. The van der Waals surface area contributed by atoms with Crippen molar-refractivity contribution in [1.82, 2.24) is 9.97 Å². The second-order valence-corrected chi connectivity index (χ2v) is 33.6. The number of thiophene rings is 1. The molecule has 0 spiro atoms. The van der Waals surface area contributed by atoms with Gasteiger partial charge in [-0.25, -0.2) is 19.6 Å². The van der Waals surface area contributed by atoms with Crippen LogP contribution in [0, 0.1) is 0 Å². The molecule has 131 heavy (non-hydrogen) atoms. The van der Waals surface area contributed by atoms with Crippen LogP contribution in [-0.4, -0.2) is 9.97 Å². The lowest BCUT2D eigenvalue weighted by atomic mass is 9.67. The minimum Gasteiger partial charge on any atom is -0.457 e. The standard InChI is InChI=1S/C118H74N2O10S/c1-5-71-23-41-81(42-24-71)123-85-49-33-77(34-50-85)117(78-35-51-86(52-36-78)124-82-43-25-72(6-2)26-44-82)101-19-11-9-15-95(101)109-97(17-13-21-103(109)117)115-113-114(120-112-94-62-58-92(128-90-60-64-106-76(68-90)32-66-108(122)130-106)70-100(94)99-69-91(57-61-93(99)111(112)119-113)127-89-59-63-105-75(67-89)31-65-107(121)129-105)116(131-115)98-18-14-22-104-110(98)96-16-10-12-20-102(96)118(104,79-37-53-87(54-38-79)125-83-45-27-73(7-3)28-46-83)80-39-55-88(56-40-80)126-84-47-29-74(8-4)30-48-84/h5-70H,1-4H2. The third-order valence-electron chi connectivity index (χ3n) is 25.1. The molecule has 13 heteroatoms. The minimum absolute atomic E-state index is 0.440. The SMILES string of the molecule is C=Cc1ccc(Oc2ccc(C3(c4ccc(Oc5ccc(C=C)cc5)cc4)c4ccccc4-c4c(-c5sc(-c6cccc7c6-c6ccccc6C7(c6ccc(Oc7ccc(C=C)cc7)cc6)c6ccc(Oc7ccc(C=C)cc7)cc6)c6nc7c8ccc(Oc9ccc%10oc(=O)ccc%10c9)cc8c8cc(Oc9ccc%10oc(=O)ccc%10c9)ccc8c7nc56)cccc43)cc2)cc1. The van der Waals surface area contributed by atoms with Crippen LogP contribution in [0.5, 0.6) is 69.0 Å². The van der Waals surface area contributed by atoms with Crippen LogP contribution in [-0.2, 0) is 10.8 Å². The summed E-state index contributed by atoms with van der Waals surface area (Å²) >= 11 is 1.69. The fraction of sp³-hybridized carbons (Fsp3) is 0.0169. The molecule has 0 saturated carbocycles. The first-order valence-electron chi connectivity index (χ1n) is 43.0. The Labute approximate surface area is 756 Å². The molecule has 23 rings (SSSR count). The maximum absolute atomic E-state index is 12.4. The summed E-state index contributed by atoms with van der Waals surface area (Å²) in [6, 6.07) is 126. The third-order valence-corrected chi connectivity index (χ3v) is 26.4. The highest BCUT2D eigenvalue weighted by Gasteiger charge is 2.50. The Bertz CT molecular complexity index is 7690. The first-order chi connectivity index (χ1) is 64.4. The highest BCUT2D eigenvalue weighted by molar-refractivity contribution is 7.21. The zero-order valence-electron chi connectivity index (χ0n) is 70.3. The van der Waals surface area contributed by atoms with Gasteiger partial charge in [0.15, 0.2) is 0 Å². The lowest BCUT2D eigenvalue weighted by molar-refractivity contribution is 0.481. The van der Waals surface area contributed by atoms with Crippen LogP contribution in [0.15, 0.2) is 421 Å². The Hall–Kier alpha value is -17.3.